The highest BCUT2D eigenvalue weighted by Crippen LogP contribution is 2.14. The van der Waals surface area contributed by atoms with Crippen molar-refractivity contribution in [3.05, 3.63) is 12.7 Å². The number of allylic oxidation sites excluding steroid dienone is 1. The van der Waals surface area contributed by atoms with Crippen LogP contribution in [0.4, 0.5) is 0 Å². The summed E-state index contributed by atoms with van der Waals surface area (Å²) in [7, 11) is -2.06. The fraction of sp³-hybridized carbons (Fsp3) is 0.778. The third kappa shape index (κ3) is 8.18. The van der Waals surface area contributed by atoms with E-state index in [0.717, 1.165) is 0 Å². The van der Waals surface area contributed by atoms with Crippen LogP contribution in [0.25, 0.3) is 0 Å². The molecule has 0 amide bonds. The molecule has 6 heteroatoms. The van der Waals surface area contributed by atoms with Crippen LogP contribution in [0.2, 0.25) is 0 Å². The van der Waals surface area contributed by atoms with Gasteiger partial charge in [-0.15, -0.1) is 6.58 Å². The molecule has 0 aromatic carbocycles. The molecule has 0 bridgehead atoms. The highest BCUT2D eigenvalue weighted by Gasteiger charge is 2.26. The first-order valence-electron chi connectivity index (χ1n) is 4.42. The van der Waals surface area contributed by atoms with Crippen LogP contribution >= 0.6 is 22.6 Å². The van der Waals surface area contributed by atoms with Gasteiger partial charge in [0.05, 0.1) is 6.61 Å². The van der Waals surface area contributed by atoms with Gasteiger partial charge in [0.2, 0.25) is 10.0 Å². The summed E-state index contributed by atoms with van der Waals surface area (Å²) >= 11 is 2.15. The fourth-order valence-electron chi connectivity index (χ4n) is 1.16. The van der Waals surface area contributed by atoms with E-state index < -0.39 is 15.3 Å². The van der Waals surface area contributed by atoms with Crippen LogP contribution in [0, 0.1) is 5.92 Å². The van der Waals surface area contributed by atoms with Gasteiger partial charge in [-0.1, -0.05) is 35.6 Å². The lowest BCUT2D eigenvalue weighted by Gasteiger charge is -2.19. The number of alkyl halides is 1. The van der Waals surface area contributed by atoms with Crippen LogP contribution in [0.3, 0.4) is 0 Å². The molecule has 0 fully saturated rings. The van der Waals surface area contributed by atoms with Crippen molar-refractivity contribution in [1.29, 1.82) is 0 Å². The summed E-state index contributed by atoms with van der Waals surface area (Å²) in [6, 6.07) is 0. The maximum Gasteiger partial charge on any atom is 0.214 e. The third-order valence-electron chi connectivity index (χ3n) is 1.93. The van der Waals surface area contributed by atoms with E-state index in [1.807, 2.05) is 11.9 Å². The van der Waals surface area contributed by atoms with Crippen molar-refractivity contribution in [2.24, 2.45) is 11.1 Å². The Kier molecular flexibility index (Phi) is 11.3. The number of nitrogens with two attached hydrogens (primary N) is 1. The molecule has 2 atom stereocenters. The second-order valence-electron chi connectivity index (χ2n) is 3.08. The summed E-state index contributed by atoms with van der Waals surface area (Å²) in [5.41, 5.74) is 0. The predicted octanol–water partition coefficient (Wildman–Crippen LogP) is 1.55. The highest BCUT2D eigenvalue weighted by atomic mass is 127. The summed E-state index contributed by atoms with van der Waals surface area (Å²) in [5.74, 6) is -0.0625. The predicted molar refractivity (Wildman–Crippen MR) is 72.7 cm³/mol. The quantitative estimate of drug-likeness (QED) is 0.449. The van der Waals surface area contributed by atoms with E-state index in [4.69, 9.17) is 9.88 Å². The zero-order valence-corrected chi connectivity index (χ0v) is 12.4. The molecule has 4 nitrogen and oxygen atoms in total. The number of primary sulfonamides is 1. The van der Waals surface area contributed by atoms with Crippen LogP contribution in [-0.2, 0) is 14.8 Å². The Morgan fingerprint density at radius 1 is 1.53 bits per heavy atom. The minimum atomic E-state index is -3.52. The zero-order chi connectivity index (χ0) is 12.5. The van der Waals surface area contributed by atoms with Gasteiger partial charge in [0.1, 0.15) is 5.25 Å². The van der Waals surface area contributed by atoms with Crippen LogP contribution in [0.15, 0.2) is 12.7 Å². The van der Waals surface area contributed by atoms with E-state index in [2.05, 4.69) is 29.2 Å². The molecule has 92 valence electrons. The maximum atomic E-state index is 11.1. The Morgan fingerprint density at radius 3 is 2.27 bits per heavy atom. The number of hydrogen-bond donors (Lipinski definition) is 1. The maximum absolute atomic E-state index is 11.1. The average Bonchev–Trinajstić information content (AvgIpc) is 2.16. The number of sulfonamides is 1. The first-order valence-corrected chi connectivity index (χ1v) is 8.19. The molecule has 0 unspecified atom stereocenters. The van der Waals surface area contributed by atoms with Crippen LogP contribution < -0.4 is 5.14 Å². The van der Waals surface area contributed by atoms with Crippen molar-refractivity contribution in [2.45, 2.75) is 18.6 Å². The van der Waals surface area contributed by atoms with Crippen molar-refractivity contribution < 1.29 is 13.2 Å². The molecule has 0 heterocycles. The monoisotopic (exact) mass is 349 g/mol. The molecule has 0 saturated carbocycles. The van der Waals surface area contributed by atoms with Crippen molar-refractivity contribution in [1.82, 2.24) is 0 Å². The van der Waals surface area contributed by atoms with Crippen molar-refractivity contribution in [3.8, 4) is 0 Å². The standard InChI is InChI=1S/C8H17NO3S.CH3I/c1-4-5-7(2)8(6-12-3)13(9,10)11;1-2/h4,7-8H,1,5-6H2,2-3H3,(H2,9,10,11);1H3/t7-,8+;/m0./s1. The Labute approximate surface area is 106 Å². The van der Waals surface area contributed by atoms with E-state index in [-0.39, 0.29) is 12.5 Å². The number of halogens is 1. The lowest BCUT2D eigenvalue weighted by Crippen LogP contribution is -2.37. The Morgan fingerprint density at radius 2 is 2.00 bits per heavy atom. The molecule has 0 aliphatic carbocycles. The molecular formula is C9H20INO3S. The van der Waals surface area contributed by atoms with Gasteiger partial charge in [-0.05, 0) is 17.3 Å². The molecule has 0 aromatic rings. The van der Waals surface area contributed by atoms with Crippen LogP contribution in [0.1, 0.15) is 13.3 Å². The Balaban J connectivity index is 0. The van der Waals surface area contributed by atoms with Crippen molar-refractivity contribution in [2.75, 3.05) is 18.6 Å². The van der Waals surface area contributed by atoms with Crippen molar-refractivity contribution >= 4 is 32.6 Å². The molecule has 0 radical (unpaired) electrons. The van der Waals surface area contributed by atoms with E-state index in [0.29, 0.717) is 6.42 Å². The van der Waals surface area contributed by atoms with Crippen molar-refractivity contribution in [3.63, 3.8) is 0 Å². The summed E-state index contributed by atoms with van der Waals surface area (Å²) in [6.07, 6.45) is 2.29. The summed E-state index contributed by atoms with van der Waals surface area (Å²) < 4.78 is 27.0. The lowest BCUT2D eigenvalue weighted by atomic mass is 10.0. The minimum absolute atomic E-state index is 0.0625. The topological polar surface area (TPSA) is 69.4 Å². The molecule has 0 aliphatic rings. The van der Waals surface area contributed by atoms with Gasteiger partial charge in [0, 0.05) is 7.11 Å². The van der Waals surface area contributed by atoms with Gasteiger partial charge in [0.25, 0.3) is 0 Å². The van der Waals surface area contributed by atoms with E-state index in [1.165, 1.54) is 7.11 Å². The van der Waals surface area contributed by atoms with E-state index in [9.17, 15) is 8.42 Å². The summed E-state index contributed by atoms with van der Waals surface area (Å²) in [6.45, 7) is 5.50. The second kappa shape index (κ2) is 9.56. The van der Waals surface area contributed by atoms with E-state index in [1.54, 1.807) is 6.08 Å². The van der Waals surface area contributed by atoms with E-state index >= 15 is 0 Å². The zero-order valence-electron chi connectivity index (χ0n) is 9.44. The molecule has 0 aromatic heterocycles. The molecule has 15 heavy (non-hydrogen) atoms. The first-order chi connectivity index (χ1) is 6.93. The number of ether oxygens (including phenoxy) is 1. The first kappa shape index (κ1) is 17.7. The molecular weight excluding hydrogens is 329 g/mol. The third-order valence-corrected chi connectivity index (χ3v) is 3.37. The summed E-state index contributed by atoms with van der Waals surface area (Å²) in [5, 5.41) is 4.41. The smallest absolute Gasteiger partial charge is 0.214 e. The SMILES string of the molecule is C=CC[C@H](C)[C@@H](COC)S(N)(=O)=O.CI. The fourth-order valence-corrected chi connectivity index (χ4v) is 2.25. The second-order valence-corrected chi connectivity index (χ2v) is 4.87. The molecule has 0 aliphatic heterocycles. The van der Waals surface area contributed by atoms with Gasteiger partial charge in [-0.2, -0.15) is 0 Å². The molecule has 0 saturated heterocycles. The summed E-state index contributed by atoms with van der Waals surface area (Å²) in [4.78, 5) is 1.97. The van der Waals surface area contributed by atoms with Gasteiger partial charge in [0.15, 0.2) is 0 Å². The minimum Gasteiger partial charge on any atom is -0.383 e. The van der Waals surface area contributed by atoms with Gasteiger partial charge in [-0.25, -0.2) is 13.6 Å². The largest absolute Gasteiger partial charge is 0.383 e. The van der Waals surface area contributed by atoms with Gasteiger partial charge in [-0.3, -0.25) is 0 Å². The average molecular weight is 349 g/mol. The van der Waals surface area contributed by atoms with Crippen LogP contribution in [-0.4, -0.2) is 32.3 Å². The molecule has 2 N–H and O–H groups in total. The normalized spacial score (nSPS) is 14.7. The van der Waals surface area contributed by atoms with Gasteiger partial charge < -0.3 is 4.74 Å². The molecule has 0 rings (SSSR count). The lowest BCUT2D eigenvalue weighted by molar-refractivity contribution is 0.182. The number of hydrogen-bond acceptors (Lipinski definition) is 3. The Hall–Kier alpha value is 0.340. The number of methoxy groups -OCH3 is 1. The van der Waals surface area contributed by atoms with Crippen LogP contribution in [0.5, 0.6) is 0 Å². The Bertz CT molecular complexity index is 254. The highest BCUT2D eigenvalue weighted by molar-refractivity contribution is 14.1. The van der Waals surface area contributed by atoms with Gasteiger partial charge >= 0.3 is 0 Å². The molecule has 0 spiro atoms. The number of rotatable bonds is 6.